The van der Waals surface area contributed by atoms with E-state index in [0.29, 0.717) is 0 Å². The number of carbonyl (C=O) groups excluding carboxylic acids is 1. The highest BCUT2D eigenvalue weighted by atomic mass is 16.4. The van der Waals surface area contributed by atoms with Gasteiger partial charge in [0.25, 0.3) is 0 Å². The molecule has 2 rings (SSSR count). The lowest BCUT2D eigenvalue weighted by Crippen LogP contribution is -2.30. The van der Waals surface area contributed by atoms with Crippen molar-refractivity contribution in [2.24, 2.45) is 0 Å². The number of carboxylic acid groups (broad SMARTS) is 1. The summed E-state index contributed by atoms with van der Waals surface area (Å²) in [5.74, 6) is -1.72. The molecule has 1 saturated heterocycles. The largest absolute Gasteiger partial charge is 0.481 e. The van der Waals surface area contributed by atoms with Crippen molar-refractivity contribution in [1.29, 1.82) is 0 Å². The first-order chi connectivity index (χ1) is 9.49. The smallest absolute Gasteiger partial charge is 0.311 e. The zero-order chi connectivity index (χ0) is 14.7. The molecule has 0 bridgehead atoms. The second-order valence-electron chi connectivity index (χ2n) is 5.54. The van der Waals surface area contributed by atoms with Crippen LogP contribution in [-0.4, -0.2) is 35.0 Å². The second kappa shape index (κ2) is 6.07. The standard InChI is InChI=1S/C16H21NO3/c1-11-5-6-12(2)13(9-11)14(16(19)20)10-15(18)17-7-3-4-8-17/h5-6,9,14H,3-4,7-8,10H2,1-2H3,(H,19,20). The Morgan fingerprint density at radius 1 is 1.25 bits per heavy atom. The maximum absolute atomic E-state index is 12.2. The zero-order valence-corrected chi connectivity index (χ0v) is 12.1. The highest BCUT2D eigenvalue weighted by molar-refractivity contribution is 5.86. The Kier molecular flexibility index (Phi) is 4.42. The molecule has 1 aliphatic rings. The summed E-state index contributed by atoms with van der Waals surface area (Å²) in [4.78, 5) is 25.5. The fourth-order valence-corrected chi connectivity index (χ4v) is 2.74. The first kappa shape index (κ1) is 14.6. The highest BCUT2D eigenvalue weighted by Crippen LogP contribution is 2.26. The molecule has 1 unspecified atom stereocenters. The summed E-state index contributed by atoms with van der Waals surface area (Å²) in [6.45, 7) is 5.35. The SMILES string of the molecule is Cc1ccc(C)c(C(CC(=O)N2CCCC2)C(=O)O)c1. The van der Waals surface area contributed by atoms with Crippen LogP contribution in [0.15, 0.2) is 18.2 Å². The monoisotopic (exact) mass is 275 g/mol. The average molecular weight is 275 g/mol. The molecule has 108 valence electrons. The van der Waals surface area contributed by atoms with Gasteiger partial charge >= 0.3 is 5.97 Å². The van der Waals surface area contributed by atoms with Crippen molar-refractivity contribution in [1.82, 2.24) is 4.90 Å². The van der Waals surface area contributed by atoms with Gasteiger partial charge < -0.3 is 10.0 Å². The summed E-state index contributed by atoms with van der Waals surface area (Å²) in [5, 5.41) is 9.46. The number of likely N-dealkylation sites (tertiary alicyclic amines) is 1. The van der Waals surface area contributed by atoms with Crippen molar-refractivity contribution in [3.05, 3.63) is 34.9 Å². The summed E-state index contributed by atoms with van der Waals surface area (Å²) in [5.41, 5.74) is 2.70. The van der Waals surface area contributed by atoms with Gasteiger partial charge in [0.1, 0.15) is 0 Å². The number of aryl methyl sites for hydroxylation is 2. The van der Waals surface area contributed by atoms with E-state index in [9.17, 15) is 14.7 Å². The number of hydrogen-bond acceptors (Lipinski definition) is 2. The summed E-state index contributed by atoms with van der Waals surface area (Å²) >= 11 is 0. The molecular formula is C16H21NO3. The van der Waals surface area contributed by atoms with Gasteiger partial charge in [0, 0.05) is 19.5 Å². The minimum Gasteiger partial charge on any atom is -0.481 e. The Hall–Kier alpha value is -1.84. The molecule has 4 nitrogen and oxygen atoms in total. The van der Waals surface area contributed by atoms with Gasteiger partial charge in [0.2, 0.25) is 5.91 Å². The van der Waals surface area contributed by atoms with Crippen LogP contribution < -0.4 is 0 Å². The average Bonchev–Trinajstić information content (AvgIpc) is 2.92. The number of aliphatic carboxylic acids is 1. The number of carbonyl (C=O) groups is 2. The second-order valence-corrected chi connectivity index (χ2v) is 5.54. The third-order valence-corrected chi connectivity index (χ3v) is 3.95. The minimum atomic E-state index is -0.925. The van der Waals surface area contributed by atoms with Crippen LogP contribution >= 0.6 is 0 Å². The molecule has 1 heterocycles. The van der Waals surface area contributed by atoms with Gasteiger partial charge in [-0.3, -0.25) is 9.59 Å². The molecule has 1 atom stereocenters. The van der Waals surface area contributed by atoms with Crippen molar-refractivity contribution in [2.75, 3.05) is 13.1 Å². The lowest BCUT2D eigenvalue weighted by atomic mass is 9.90. The van der Waals surface area contributed by atoms with Gasteiger partial charge in [-0.25, -0.2) is 0 Å². The normalized spacial score (nSPS) is 16.2. The summed E-state index contributed by atoms with van der Waals surface area (Å²) in [6.07, 6.45) is 2.10. The number of carboxylic acids is 1. The van der Waals surface area contributed by atoms with Crippen molar-refractivity contribution in [3.63, 3.8) is 0 Å². The summed E-state index contributed by atoms with van der Waals surface area (Å²) in [6, 6.07) is 5.76. The van der Waals surface area contributed by atoms with Crippen LogP contribution in [0.3, 0.4) is 0 Å². The van der Waals surface area contributed by atoms with E-state index < -0.39 is 11.9 Å². The molecular weight excluding hydrogens is 254 g/mol. The van der Waals surface area contributed by atoms with E-state index in [2.05, 4.69) is 0 Å². The maximum atomic E-state index is 12.2. The van der Waals surface area contributed by atoms with Crippen LogP contribution in [0.1, 0.15) is 41.9 Å². The van der Waals surface area contributed by atoms with Crippen LogP contribution in [0, 0.1) is 13.8 Å². The van der Waals surface area contributed by atoms with Crippen LogP contribution in [0.2, 0.25) is 0 Å². The first-order valence-electron chi connectivity index (χ1n) is 7.07. The maximum Gasteiger partial charge on any atom is 0.311 e. The highest BCUT2D eigenvalue weighted by Gasteiger charge is 2.28. The molecule has 1 amide bonds. The molecule has 1 aromatic rings. The Balaban J connectivity index is 2.20. The molecule has 4 heteroatoms. The predicted octanol–water partition coefficient (Wildman–Crippen LogP) is 2.48. The Labute approximate surface area is 119 Å². The van der Waals surface area contributed by atoms with E-state index >= 15 is 0 Å². The first-order valence-corrected chi connectivity index (χ1v) is 7.07. The van der Waals surface area contributed by atoms with Gasteiger partial charge in [-0.15, -0.1) is 0 Å². The molecule has 1 aliphatic heterocycles. The van der Waals surface area contributed by atoms with E-state index in [1.54, 1.807) is 4.90 Å². The topological polar surface area (TPSA) is 57.6 Å². The Bertz CT molecular complexity index is 518. The van der Waals surface area contributed by atoms with Crippen molar-refractivity contribution < 1.29 is 14.7 Å². The molecule has 0 saturated carbocycles. The van der Waals surface area contributed by atoms with Gasteiger partial charge in [-0.05, 0) is 37.8 Å². The molecule has 1 aromatic carbocycles. The minimum absolute atomic E-state index is 0.0455. The van der Waals surface area contributed by atoms with E-state index in [1.165, 1.54) is 0 Å². The van der Waals surface area contributed by atoms with Crippen molar-refractivity contribution in [3.8, 4) is 0 Å². The molecule has 0 aliphatic carbocycles. The van der Waals surface area contributed by atoms with Gasteiger partial charge in [0.15, 0.2) is 0 Å². The van der Waals surface area contributed by atoms with Gasteiger partial charge in [-0.2, -0.15) is 0 Å². The number of benzene rings is 1. The van der Waals surface area contributed by atoms with E-state index in [1.807, 2.05) is 32.0 Å². The van der Waals surface area contributed by atoms with Crippen molar-refractivity contribution >= 4 is 11.9 Å². The molecule has 0 aromatic heterocycles. The lowest BCUT2D eigenvalue weighted by molar-refractivity contribution is -0.142. The fraction of sp³-hybridized carbons (Fsp3) is 0.500. The number of rotatable bonds is 4. The van der Waals surface area contributed by atoms with Crippen molar-refractivity contribution in [2.45, 2.75) is 39.0 Å². The van der Waals surface area contributed by atoms with Gasteiger partial charge in [-0.1, -0.05) is 23.8 Å². The Morgan fingerprint density at radius 2 is 1.90 bits per heavy atom. The molecule has 20 heavy (non-hydrogen) atoms. The lowest BCUT2D eigenvalue weighted by Gasteiger charge is -2.20. The van der Waals surface area contributed by atoms with E-state index in [0.717, 1.165) is 42.6 Å². The third-order valence-electron chi connectivity index (χ3n) is 3.95. The summed E-state index contributed by atoms with van der Waals surface area (Å²) in [7, 11) is 0. The van der Waals surface area contributed by atoms with Crippen LogP contribution in [-0.2, 0) is 9.59 Å². The van der Waals surface area contributed by atoms with E-state index in [-0.39, 0.29) is 12.3 Å². The van der Waals surface area contributed by atoms with Crippen LogP contribution in [0.5, 0.6) is 0 Å². The zero-order valence-electron chi connectivity index (χ0n) is 12.1. The quantitative estimate of drug-likeness (QED) is 0.918. The molecule has 0 spiro atoms. The summed E-state index contributed by atoms with van der Waals surface area (Å²) < 4.78 is 0. The molecule has 1 fully saturated rings. The van der Waals surface area contributed by atoms with Gasteiger partial charge in [0.05, 0.1) is 5.92 Å². The molecule has 0 radical (unpaired) electrons. The Morgan fingerprint density at radius 3 is 2.50 bits per heavy atom. The van der Waals surface area contributed by atoms with Crippen LogP contribution in [0.25, 0.3) is 0 Å². The number of amides is 1. The van der Waals surface area contributed by atoms with Crippen LogP contribution in [0.4, 0.5) is 0 Å². The number of nitrogens with zero attached hydrogens (tertiary/aromatic N) is 1. The fourth-order valence-electron chi connectivity index (χ4n) is 2.74. The predicted molar refractivity (Wildman–Crippen MR) is 76.7 cm³/mol. The third kappa shape index (κ3) is 3.18. The number of hydrogen-bond donors (Lipinski definition) is 1. The molecule has 1 N–H and O–H groups in total. The van der Waals surface area contributed by atoms with E-state index in [4.69, 9.17) is 0 Å².